The highest BCUT2D eigenvalue weighted by atomic mass is 32.2. The van der Waals surface area contributed by atoms with Crippen LogP contribution in [0.1, 0.15) is 36.8 Å². The van der Waals surface area contributed by atoms with Gasteiger partial charge >= 0.3 is 0 Å². The Morgan fingerprint density at radius 3 is 1.64 bits per heavy atom. The standard InChI is InChI=1S/C65H45NS/c1-40-37-43(39-59-60(40)55-32-18-33-56(65(55)67-59)64-53-30-14-12-28-51(53)61(41-19-4-2-5-20-41)52-29-13-15-31-54(52)64)63-49-26-10-8-24-47(49)62(48-25-9-11-27-50(48)63)42-35-36-46-45-23-16-17-34-57(45)66(58(46)38-42)44-21-6-3-7-22-44/h2,4-6,8-40,60H,3,7H2,1H3. The predicted molar refractivity (Wildman–Crippen MR) is 289 cm³/mol. The van der Waals surface area contributed by atoms with Crippen LogP contribution >= 0.6 is 11.8 Å². The van der Waals surface area contributed by atoms with E-state index in [1.54, 1.807) is 0 Å². The summed E-state index contributed by atoms with van der Waals surface area (Å²) in [4.78, 5) is 2.82. The molecule has 14 rings (SSSR count). The largest absolute Gasteiger partial charge is 0.310 e. The van der Waals surface area contributed by atoms with Gasteiger partial charge in [-0.2, -0.15) is 0 Å². The van der Waals surface area contributed by atoms with Crippen molar-refractivity contribution in [1.82, 2.24) is 4.57 Å². The molecular weight excluding hydrogens is 827 g/mol. The van der Waals surface area contributed by atoms with Crippen molar-refractivity contribution in [2.75, 3.05) is 0 Å². The van der Waals surface area contributed by atoms with E-state index < -0.39 is 0 Å². The number of para-hydroxylation sites is 1. The Morgan fingerprint density at radius 2 is 1.01 bits per heavy atom. The van der Waals surface area contributed by atoms with Gasteiger partial charge in [0.2, 0.25) is 0 Å². The molecular formula is C65H45NS. The fourth-order valence-electron chi connectivity index (χ4n) is 12.1. The molecule has 2 atom stereocenters. The van der Waals surface area contributed by atoms with Gasteiger partial charge in [-0.05, 0) is 141 Å². The number of nitrogens with zero attached hydrogens (tertiary/aromatic N) is 1. The van der Waals surface area contributed by atoms with Gasteiger partial charge in [-0.25, -0.2) is 0 Å². The quantitative estimate of drug-likeness (QED) is 0.156. The molecule has 11 aromatic rings. The zero-order chi connectivity index (χ0) is 44.2. The van der Waals surface area contributed by atoms with Crippen LogP contribution in [0.2, 0.25) is 0 Å². The van der Waals surface area contributed by atoms with Gasteiger partial charge in [0.1, 0.15) is 0 Å². The second-order valence-electron chi connectivity index (χ2n) is 18.6. The van der Waals surface area contributed by atoms with E-state index in [4.69, 9.17) is 0 Å². The summed E-state index contributed by atoms with van der Waals surface area (Å²) >= 11 is 2.00. The van der Waals surface area contributed by atoms with E-state index >= 15 is 0 Å². The van der Waals surface area contributed by atoms with Crippen LogP contribution in [-0.2, 0) is 0 Å². The minimum atomic E-state index is 0.300. The van der Waals surface area contributed by atoms with Crippen molar-refractivity contribution in [3.63, 3.8) is 0 Å². The fraction of sp³-hybridized carbons (Fsp3) is 0.0769. The molecule has 0 saturated heterocycles. The molecule has 0 fully saturated rings. The monoisotopic (exact) mass is 871 g/mol. The lowest BCUT2D eigenvalue weighted by Crippen LogP contribution is -2.10. The first kappa shape index (κ1) is 38.6. The highest BCUT2D eigenvalue weighted by Gasteiger charge is 2.37. The molecule has 0 spiro atoms. The lowest BCUT2D eigenvalue weighted by atomic mass is 9.78. The van der Waals surface area contributed by atoms with Gasteiger partial charge in [-0.15, -0.1) is 0 Å². The maximum atomic E-state index is 2.57. The molecule has 67 heavy (non-hydrogen) atoms. The third-order valence-electron chi connectivity index (χ3n) is 14.9. The van der Waals surface area contributed by atoms with Crippen LogP contribution in [0.5, 0.6) is 0 Å². The van der Waals surface area contributed by atoms with Gasteiger partial charge in [0.15, 0.2) is 0 Å². The zero-order valence-electron chi connectivity index (χ0n) is 37.2. The summed E-state index contributed by atoms with van der Waals surface area (Å²) in [5.41, 5.74) is 15.6. The Bertz CT molecular complexity index is 3910. The SMILES string of the molecule is CC1C=C(c2c3ccccc3c(-c3ccc4c5ccccc5n(C5=CCCC=C5)c4c3)c3ccccc23)C=C2Sc3c(-c4c5ccccc5c(-c5ccccc5)c5ccccc45)cccc3C21. The molecule has 10 aromatic carbocycles. The topological polar surface area (TPSA) is 4.93 Å². The molecule has 0 N–H and O–H groups in total. The molecule has 2 unspecified atom stereocenters. The molecule has 316 valence electrons. The van der Waals surface area contributed by atoms with Gasteiger partial charge in [0, 0.05) is 27.3 Å². The summed E-state index contributed by atoms with van der Waals surface area (Å²) in [6.45, 7) is 2.43. The number of benzene rings is 10. The normalized spacial score (nSPS) is 16.8. The zero-order valence-corrected chi connectivity index (χ0v) is 38.0. The Hall–Kier alpha value is -7.65. The van der Waals surface area contributed by atoms with Crippen molar-refractivity contribution in [2.45, 2.75) is 30.6 Å². The molecule has 2 heteroatoms. The van der Waals surface area contributed by atoms with Crippen molar-refractivity contribution in [1.29, 1.82) is 0 Å². The number of rotatable bonds is 5. The van der Waals surface area contributed by atoms with E-state index in [9.17, 15) is 0 Å². The van der Waals surface area contributed by atoms with Gasteiger partial charge in [-0.3, -0.25) is 0 Å². The summed E-state index contributed by atoms with van der Waals surface area (Å²) in [6, 6.07) is 70.4. The van der Waals surface area contributed by atoms with E-state index in [0.29, 0.717) is 11.8 Å². The maximum absolute atomic E-state index is 2.57. The number of fused-ring (bicyclic) bond motifs is 10. The first-order valence-corrected chi connectivity index (χ1v) is 24.6. The van der Waals surface area contributed by atoms with Crippen molar-refractivity contribution in [2.24, 2.45) is 5.92 Å². The number of aromatic nitrogens is 1. The van der Waals surface area contributed by atoms with Crippen molar-refractivity contribution in [3.05, 3.63) is 234 Å². The van der Waals surface area contributed by atoms with Gasteiger partial charge in [0.25, 0.3) is 0 Å². The molecule has 3 aliphatic rings. The lowest BCUT2D eigenvalue weighted by Gasteiger charge is -2.26. The van der Waals surface area contributed by atoms with Crippen molar-refractivity contribution in [3.8, 4) is 33.4 Å². The first-order chi connectivity index (χ1) is 33.2. The van der Waals surface area contributed by atoms with Crippen LogP contribution < -0.4 is 0 Å². The average molecular weight is 872 g/mol. The van der Waals surface area contributed by atoms with Crippen LogP contribution in [0.3, 0.4) is 0 Å². The molecule has 0 saturated carbocycles. The number of thioether (sulfide) groups is 1. The van der Waals surface area contributed by atoms with Gasteiger partial charge in [0.05, 0.1) is 11.0 Å². The minimum Gasteiger partial charge on any atom is -0.310 e. The number of hydrogen-bond acceptors (Lipinski definition) is 1. The van der Waals surface area contributed by atoms with Crippen LogP contribution in [0.25, 0.3) is 110 Å². The van der Waals surface area contributed by atoms with Gasteiger partial charge in [-0.1, -0.05) is 213 Å². The maximum Gasteiger partial charge on any atom is 0.0547 e. The molecule has 1 aliphatic heterocycles. The second kappa shape index (κ2) is 15.2. The average Bonchev–Trinajstić information content (AvgIpc) is 3.93. The predicted octanol–water partition coefficient (Wildman–Crippen LogP) is 18.4. The van der Waals surface area contributed by atoms with Crippen molar-refractivity contribution < 1.29 is 0 Å². The van der Waals surface area contributed by atoms with E-state index in [-0.39, 0.29) is 0 Å². The minimum absolute atomic E-state index is 0.300. The molecule has 0 bridgehead atoms. The van der Waals surface area contributed by atoms with Crippen LogP contribution in [-0.4, -0.2) is 4.57 Å². The van der Waals surface area contributed by atoms with E-state index in [1.807, 2.05) is 11.8 Å². The van der Waals surface area contributed by atoms with Crippen LogP contribution in [0, 0.1) is 5.92 Å². The molecule has 2 aliphatic carbocycles. The lowest BCUT2D eigenvalue weighted by molar-refractivity contribution is 0.630. The third-order valence-corrected chi connectivity index (χ3v) is 16.1. The molecule has 1 aromatic heterocycles. The Morgan fingerprint density at radius 1 is 0.463 bits per heavy atom. The molecule has 2 heterocycles. The Kier molecular flexibility index (Phi) is 8.76. The number of hydrogen-bond donors (Lipinski definition) is 0. The van der Waals surface area contributed by atoms with Crippen LogP contribution in [0.15, 0.2) is 228 Å². The smallest absolute Gasteiger partial charge is 0.0547 e. The Labute approximate surface area is 394 Å². The molecule has 0 radical (unpaired) electrons. The summed E-state index contributed by atoms with van der Waals surface area (Å²) in [7, 11) is 0. The summed E-state index contributed by atoms with van der Waals surface area (Å²) in [5.74, 6) is 0.604. The summed E-state index contributed by atoms with van der Waals surface area (Å²) < 4.78 is 2.48. The third kappa shape index (κ3) is 5.82. The summed E-state index contributed by atoms with van der Waals surface area (Å²) in [5, 5.41) is 12.9. The Balaban J connectivity index is 0.933. The van der Waals surface area contributed by atoms with Crippen molar-refractivity contribution >= 4 is 87.9 Å². The van der Waals surface area contributed by atoms with Crippen LogP contribution in [0.4, 0.5) is 0 Å². The first-order valence-electron chi connectivity index (χ1n) is 23.8. The second-order valence-corrected chi connectivity index (χ2v) is 19.7. The number of allylic oxidation sites excluding steroid dienone is 8. The van der Waals surface area contributed by atoms with E-state index in [0.717, 1.165) is 12.8 Å². The molecule has 0 amide bonds. The van der Waals surface area contributed by atoms with E-state index in [2.05, 4.69) is 230 Å². The fourth-order valence-corrected chi connectivity index (χ4v) is 13.6. The highest BCUT2D eigenvalue weighted by molar-refractivity contribution is 8.03. The van der Waals surface area contributed by atoms with Gasteiger partial charge < -0.3 is 4.57 Å². The summed E-state index contributed by atoms with van der Waals surface area (Å²) in [6.07, 6.45) is 14.3. The van der Waals surface area contributed by atoms with E-state index in [1.165, 1.54) is 130 Å². The highest BCUT2D eigenvalue weighted by Crippen LogP contribution is 2.59. The molecule has 1 nitrogen and oxygen atoms in total.